The highest BCUT2D eigenvalue weighted by atomic mass is 35.5. The first-order valence-electron chi connectivity index (χ1n) is 10.2. The summed E-state index contributed by atoms with van der Waals surface area (Å²) in [6, 6.07) is 16.9. The highest BCUT2D eigenvalue weighted by Gasteiger charge is 2.30. The van der Waals surface area contributed by atoms with Crippen LogP contribution in [-0.2, 0) is 9.53 Å². The van der Waals surface area contributed by atoms with E-state index in [1.165, 1.54) is 0 Å². The summed E-state index contributed by atoms with van der Waals surface area (Å²) in [6.45, 7) is 3.13. The Labute approximate surface area is 180 Å². The number of para-hydroxylation sites is 1. The Morgan fingerprint density at radius 1 is 1.17 bits per heavy atom. The lowest BCUT2D eigenvalue weighted by Gasteiger charge is -2.32. The number of rotatable bonds is 4. The Balaban J connectivity index is 1.73. The van der Waals surface area contributed by atoms with Crippen molar-refractivity contribution in [2.75, 3.05) is 19.7 Å². The summed E-state index contributed by atoms with van der Waals surface area (Å²) in [7, 11) is 0. The third kappa shape index (κ3) is 4.03. The van der Waals surface area contributed by atoms with E-state index in [1.54, 1.807) is 17.9 Å². The predicted molar refractivity (Wildman–Crippen MR) is 117 cm³/mol. The van der Waals surface area contributed by atoms with Gasteiger partial charge in [-0.15, -0.1) is 0 Å². The van der Waals surface area contributed by atoms with Crippen LogP contribution in [0.2, 0.25) is 5.02 Å². The smallest absolute Gasteiger partial charge is 0.310 e. The number of fused-ring (bicyclic) bond motifs is 1. The second-order valence-corrected chi connectivity index (χ2v) is 7.80. The maximum atomic E-state index is 13.5. The Morgan fingerprint density at radius 3 is 2.73 bits per heavy atom. The van der Waals surface area contributed by atoms with Crippen LogP contribution >= 0.6 is 11.6 Å². The zero-order chi connectivity index (χ0) is 21.1. The maximum Gasteiger partial charge on any atom is 0.310 e. The molecule has 1 fully saturated rings. The fourth-order valence-corrected chi connectivity index (χ4v) is 4.18. The lowest BCUT2D eigenvalue weighted by molar-refractivity contribution is -0.149. The number of carbonyl (C=O) groups is 2. The van der Waals surface area contributed by atoms with Gasteiger partial charge in [-0.05, 0) is 38.0 Å². The van der Waals surface area contributed by atoms with Crippen molar-refractivity contribution in [2.24, 2.45) is 5.92 Å². The van der Waals surface area contributed by atoms with Gasteiger partial charge in [0.2, 0.25) is 0 Å². The molecule has 1 aliphatic heterocycles. The van der Waals surface area contributed by atoms with Gasteiger partial charge in [-0.1, -0.05) is 48.0 Å². The Bertz CT molecular complexity index is 1100. The molecule has 4 rings (SSSR count). The molecule has 0 aliphatic carbocycles. The van der Waals surface area contributed by atoms with Crippen LogP contribution in [0.1, 0.15) is 30.1 Å². The summed E-state index contributed by atoms with van der Waals surface area (Å²) in [5.41, 5.74) is 2.74. The quantitative estimate of drug-likeness (QED) is 0.557. The first kappa shape index (κ1) is 20.4. The summed E-state index contributed by atoms with van der Waals surface area (Å²) in [6.07, 6.45) is 1.51. The van der Waals surface area contributed by atoms with Gasteiger partial charge in [-0.25, -0.2) is 4.98 Å². The van der Waals surface area contributed by atoms with Gasteiger partial charge in [0.15, 0.2) is 0 Å². The van der Waals surface area contributed by atoms with E-state index in [2.05, 4.69) is 0 Å². The van der Waals surface area contributed by atoms with E-state index in [0.29, 0.717) is 36.0 Å². The molecule has 1 amide bonds. The topological polar surface area (TPSA) is 59.5 Å². The molecule has 1 aliphatic rings. The summed E-state index contributed by atoms with van der Waals surface area (Å²) in [5, 5.41) is 1.37. The average molecular weight is 423 g/mol. The zero-order valence-electron chi connectivity index (χ0n) is 16.8. The molecule has 0 N–H and O–H groups in total. The first-order valence-corrected chi connectivity index (χ1v) is 10.6. The van der Waals surface area contributed by atoms with Crippen molar-refractivity contribution in [2.45, 2.75) is 19.8 Å². The van der Waals surface area contributed by atoms with Crippen molar-refractivity contribution < 1.29 is 14.3 Å². The fourth-order valence-electron chi connectivity index (χ4n) is 3.94. The van der Waals surface area contributed by atoms with Crippen molar-refractivity contribution in [3.63, 3.8) is 0 Å². The highest BCUT2D eigenvalue weighted by molar-refractivity contribution is 6.33. The third-order valence-corrected chi connectivity index (χ3v) is 5.75. The van der Waals surface area contributed by atoms with E-state index in [-0.39, 0.29) is 17.8 Å². The van der Waals surface area contributed by atoms with E-state index < -0.39 is 0 Å². The van der Waals surface area contributed by atoms with E-state index in [0.717, 1.165) is 29.3 Å². The number of pyridine rings is 1. The van der Waals surface area contributed by atoms with Gasteiger partial charge in [-0.2, -0.15) is 0 Å². The third-order valence-electron chi connectivity index (χ3n) is 5.42. The van der Waals surface area contributed by atoms with Crippen LogP contribution in [0.3, 0.4) is 0 Å². The minimum atomic E-state index is -0.279. The molecule has 0 bridgehead atoms. The number of hydrogen-bond acceptors (Lipinski definition) is 4. The Morgan fingerprint density at radius 2 is 1.93 bits per heavy atom. The minimum Gasteiger partial charge on any atom is -0.466 e. The van der Waals surface area contributed by atoms with Crippen LogP contribution in [0.15, 0.2) is 54.6 Å². The lowest BCUT2D eigenvalue weighted by atomic mass is 9.96. The molecule has 3 aromatic rings. The maximum absolute atomic E-state index is 13.5. The zero-order valence-corrected chi connectivity index (χ0v) is 17.6. The van der Waals surface area contributed by atoms with Gasteiger partial charge < -0.3 is 9.64 Å². The molecule has 30 heavy (non-hydrogen) atoms. The van der Waals surface area contributed by atoms with Crippen LogP contribution in [-0.4, -0.2) is 41.5 Å². The fraction of sp³-hybridized carbons (Fsp3) is 0.292. The second kappa shape index (κ2) is 8.84. The van der Waals surface area contributed by atoms with E-state index in [4.69, 9.17) is 21.3 Å². The molecular formula is C24H23ClN2O3. The first-order chi connectivity index (χ1) is 14.6. The number of ether oxygens (including phenoxy) is 1. The number of aromatic nitrogens is 1. The number of piperidine rings is 1. The highest BCUT2D eigenvalue weighted by Crippen LogP contribution is 2.31. The molecule has 6 heteroatoms. The summed E-state index contributed by atoms with van der Waals surface area (Å²) in [4.78, 5) is 32.2. The standard InChI is InChI=1S/C24H23ClN2O3/c1-2-30-24(29)16-8-7-13-27(15-16)23(28)19-14-22(18-10-3-5-11-20(18)25)26-21-12-6-4-9-17(19)21/h3-6,9-12,14,16H,2,7-8,13,15H2,1H3. The molecule has 1 atom stereocenters. The van der Waals surface area contributed by atoms with Crippen molar-refractivity contribution in [3.05, 3.63) is 65.2 Å². The summed E-state index contributed by atoms with van der Waals surface area (Å²) >= 11 is 6.39. The van der Waals surface area contributed by atoms with Crippen molar-refractivity contribution in [1.82, 2.24) is 9.88 Å². The monoisotopic (exact) mass is 422 g/mol. The molecule has 0 saturated carbocycles. The molecule has 1 aromatic heterocycles. The molecule has 1 unspecified atom stereocenters. The summed E-state index contributed by atoms with van der Waals surface area (Å²) < 4.78 is 5.17. The van der Waals surface area contributed by atoms with Crippen LogP contribution < -0.4 is 0 Å². The average Bonchev–Trinajstić information content (AvgIpc) is 2.78. The van der Waals surface area contributed by atoms with Crippen LogP contribution in [0, 0.1) is 5.92 Å². The predicted octanol–water partition coefficient (Wildman–Crippen LogP) is 4.97. The largest absolute Gasteiger partial charge is 0.466 e. The Hall–Kier alpha value is -2.92. The number of esters is 1. The summed E-state index contributed by atoms with van der Waals surface area (Å²) in [5.74, 6) is -0.610. The lowest BCUT2D eigenvalue weighted by Crippen LogP contribution is -2.42. The minimum absolute atomic E-state index is 0.101. The number of carbonyl (C=O) groups excluding carboxylic acids is 2. The van der Waals surface area contributed by atoms with Gasteiger partial charge in [0, 0.05) is 29.1 Å². The van der Waals surface area contributed by atoms with E-state index in [9.17, 15) is 9.59 Å². The van der Waals surface area contributed by atoms with E-state index in [1.807, 2.05) is 48.5 Å². The molecule has 0 spiro atoms. The number of likely N-dealkylation sites (tertiary alicyclic amines) is 1. The van der Waals surface area contributed by atoms with Gasteiger partial charge in [0.25, 0.3) is 5.91 Å². The molecule has 1 saturated heterocycles. The molecule has 2 heterocycles. The van der Waals surface area contributed by atoms with Gasteiger partial charge in [0.05, 0.1) is 29.3 Å². The number of halogens is 1. The molecule has 5 nitrogen and oxygen atoms in total. The van der Waals surface area contributed by atoms with Gasteiger partial charge >= 0.3 is 5.97 Å². The number of amides is 1. The normalized spacial score (nSPS) is 16.5. The van der Waals surface area contributed by atoms with Gasteiger partial charge in [0.1, 0.15) is 0 Å². The van der Waals surface area contributed by atoms with Gasteiger partial charge in [-0.3, -0.25) is 9.59 Å². The molecule has 2 aromatic carbocycles. The molecular weight excluding hydrogens is 400 g/mol. The van der Waals surface area contributed by atoms with Crippen LogP contribution in [0.25, 0.3) is 22.2 Å². The second-order valence-electron chi connectivity index (χ2n) is 7.39. The number of nitrogens with zero attached hydrogens (tertiary/aromatic N) is 2. The Kier molecular flexibility index (Phi) is 6.00. The molecule has 154 valence electrons. The number of hydrogen-bond donors (Lipinski definition) is 0. The van der Waals surface area contributed by atoms with Crippen molar-refractivity contribution in [1.29, 1.82) is 0 Å². The van der Waals surface area contributed by atoms with Crippen LogP contribution in [0.5, 0.6) is 0 Å². The van der Waals surface area contributed by atoms with Crippen molar-refractivity contribution >= 4 is 34.4 Å². The SMILES string of the molecule is CCOC(=O)C1CCCN(C(=O)c2cc(-c3ccccc3Cl)nc3ccccc23)C1. The van der Waals surface area contributed by atoms with Crippen molar-refractivity contribution in [3.8, 4) is 11.3 Å². The molecule has 0 radical (unpaired) electrons. The van der Waals surface area contributed by atoms with E-state index >= 15 is 0 Å². The van der Waals surface area contributed by atoms with Crippen LogP contribution in [0.4, 0.5) is 0 Å². The number of benzene rings is 2.